The monoisotopic (exact) mass is 468 g/mol. The number of amides is 1. The minimum absolute atomic E-state index is 0.197. The van der Waals surface area contributed by atoms with Gasteiger partial charge in [-0.25, -0.2) is 0 Å². The predicted octanol–water partition coefficient (Wildman–Crippen LogP) is 5.98. The van der Waals surface area contributed by atoms with Crippen molar-refractivity contribution in [2.24, 2.45) is 0 Å². The molecule has 2 aromatic heterocycles. The lowest BCUT2D eigenvalue weighted by Crippen LogP contribution is -2.12. The van der Waals surface area contributed by atoms with Crippen molar-refractivity contribution in [1.29, 1.82) is 0 Å². The zero-order chi connectivity index (χ0) is 21.6. The number of nitrogens with zero attached hydrogens (tertiary/aromatic N) is 3. The Hall–Kier alpha value is -2.62. The van der Waals surface area contributed by atoms with Gasteiger partial charge in [0.25, 0.3) is 5.91 Å². The molecule has 1 amide bonds. The van der Waals surface area contributed by atoms with Crippen molar-refractivity contribution in [1.82, 2.24) is 15.4 Å². The lowest BCUT2D eigenvalue weighted by Gasteiger charge is -2.08. The molecule has 1 N–H and O–H groups in total. The first-order valence-electron chi connectivity index (χ1n) is 9.55. The molecule has 0 aliphatic carbocycles. The van der Waals surface area contributed by atoms with Crippen LogP contribution >= 0.6 is 34.9 Å². The Kier molecular flexibility index (Phi) is 7.06. The third-order valence-corrected chi connectivity index (χ3v) is 7.66. The lowest BCUT2D eigenvalue weighted by molar-refractivity contribution is 0.102. The number of benzene rings is 2. The van der Waals surface area contributed by atoms with Crippen LogP contribution in [0.25, 0.3) is 0 Å². The van der Waals surface area contributed by atoms with Crippen molar-refractivity contribution in [3.63, 3.8) is 0 Å². The van der Waals surface area contributed by atoms with Gasteiger partial charge in [0.2, 0.25) is 5.13 Å². The summed E-state index contributed by atoms with van der Waals surface area (Å²) in [5, 5.41) is 15.7. The second-order valence-corrected chi connectivity index (χ2v) is 9.91. The number of carbonyl (C=O) groups excluding carboxylic acids is 1. The minimum Gasteiger partial charge on any atom is -0.361 e. The van der Waals surface area contributed by atoms with Crippen LogP contribution < -0.4 is 5.32 Å². The molecule has 158 valence electrons. The van der Waals surface area contributed by atoms with Gasteiger partial charge in [-0.3, -0.25) is 10.1 Å². The summed E-state index contributed by atoms with van der Waals surface area (Å²) >= 11 is 4.57. The van der Waals surface area contributed by atoms with Gasteiger partial charge in [-0.2, -0.15) is 0 Å². The van der Waals surface area contributed by atoms with Gasteiger partial charge in [0, 0.05) is 22.0 Å². The smallest absolute Gasteiger partial charge is 0.258 e. The van der Waals surface area contributed by atoms with E-state index in [0.29, 0.717) is 16.4 Å². The molecule has 0 aliphatic rings. The Bertz CT molecular complexity index is 1150. The van der Waals surface area contributed by atoms with Crippen LogP contribution in [-0.2, 0) is 11.5 Å². The summed E-state index contributed by atoms with van der Waals surface area (Å²) in [5.41, 5.74) is 3.76. The van der Waals surface area contributed by atoms with E-state index < -0.39 is 0 Å². The van der Waals surface area contributed by atoms with Gasteiger partial charge in [-0.15, -0.1) is 22.0 Å². The molecule has 0 saturated carbocycles. The summed E-state index contributed by atoms with van der Waals surface area (Å²) in [6.45, 7) is 3.82. The predicted molar refractivity (Wildman–Crippen MR) is 126 cm³/mol. The van der Waals surface area contributed by atoms with Crippen molar-refractivity contribution in [2.45, 2.75) is 34.6 Å². The maximum Gasteiger partial charge on any atom is 0.258 e. The second kappa shape index (κ2) is 10.1. The van der Waals surface area contributed by atoms with E-state index in [1.165, 1.54) is 16.9 Å². The van der Waals surface area contributed by atoms with E-state index in [2.05, 4.69) is 32.8 Å². The van der Waals surface area contributed by atoms with Gasteiger partial charge in [0.1, 0.15) is 5.76 Å². The Morgan fingerprint density at radius 3 is 2.55 bits per heavy atom. The molecule has 9 heteroatoms. The summed E-state index contributed by atoms with van der Waals surface area (Å²) < 4.78 is 6.05. The Labute approximate surface area is 192 Å². The number of nitrogens with one attached hydrogen (secondary N) is 1. The SMILES string of the molecule is Cc1noc(C)c1CSc1ccccc1C(=O)Nc1nnc(SCc2ccccc2)s1. The summed E-state index contributed by atoms with van der Waals surface area (Å²) in [7, 11) is 0. The highest BCUT2D eigenvalue weighted by Crippen LogP contribution is 2.31. The number of anilines is 1. The number of hydrogen-bond acceptors (Lipinski definition) is 8. The van der Waals surface area contributed by atoms with Crippen LogP contribution in [0.15, 0.2) is 68.4 Å². The van der Waals surface area contributed by atoms with Gasteiger partial charge < -0.3 is 4.52 Å². The molecule has 0 spiro atoms. The number of aromatic nitrogens is 3. The molecule has 6 nitrogen and oxygen atoms in total. The van der Waals surface area contributed by atoms with Crippen molar-refractivity contribution >= 4 is 45.9 Å². The quantitative estimate of drug-likeness (QED) is 0.252. The molecular formula is C22H20N4O2S3. The average Bonchev–Trinajstić information content (AvgIpc) is 3.37. The number of hydrogen-bond donors (Lipinski definition) is 1. The Morgan fingerprint density at radius 2 is 1.77 bits per heavy atom. The number of rotatable bonds is 8. The van der Waals surface area contributed by atoms with E-state index in [1.807, 2.05) is 56.3 Å². The second-order valence-electron chi connectivity index (χ2n) is 6.69. The molecule has 0 bridgehead atoms. The molecular weight excluding hydrogens is 448 g/mol. The summed E-state index contributed by atoms with van der Waals surface area (Å²) in [6.07, 6.45) is 0. The van der Waals surface area contributed by atoms with Gasteiger partial charge in [0.05, 0.1) is 11.3 Å². The fourth-order valence-corrected chi connectivity index (χ4v) is 5.75. The zero-order valence-corrected chi connectivity index (χ0v) is 19.4. The molecule has 0 saturated heterocycles. The van der Waals surface area contributed by atoms with Crippen molar-refractivity contribution in [2.75, 3.05) is 5.32 Å². The third-order valence-electron chi connectivity index (χ3n) is 4.52. The number of thioether (sulfide) groups is 2. The Morgan fingerprint density at radius 1 is 1.00 bits per heavy atom. The minimum atomic E-state index is -0.197. The van der Waals surface area contributed by atoms with Crippen molar-refractivity contribution in [3.05, 3.63) is 82.7 Å². The van der Waals surface area contributed by atoms with Gasteiger partial charge >= 0.3 is 0 Å². The van der Waals surface area contributed by atoms with E-state index in [0.717, 1.165) is 32.0 Å². The Balaban J connectivity index is 1.39. The molecule has 0 atom stereocenters. The fourth-order valence-electron chi connectivity index (χ4n) is 2.84. The van der Waals surface area contributed by atoms with E-state index in [4.69, 9.17) is 4.52 Å². The maximum atomic E-state index is 12.9. The fraction of sp³-hybridized carbons (Fsp3) is 0.182. The molecule has 0 unspecified atom stereocenters. The molecule has 4 aromatic rings. The molecule has 0 aliphatic heterocycles. The van der Waals surface area contributed by atoms with Crippen LogP contribution in [0.2, 0.25) is 0 Å². The molecule has 0 fully saturated rings. The highest BCUT2D eigenvalue weighted by Gasteiger charge is 2.16. The van der Waals surface area contributed by atoms with E-state index in [1.54, 1.807) is 23.5 Å². The summed E-state index contributed by atoms with van der Waals surface area (Å²) in [5.74, 6) is 2.11. The highest BCUT2D eigenvalue weighted by atomic mass is 32.2. The van der Waals surface area contributed by atoms with Crippen LogP contribution in [0.1, 0.15) is 32.9 Å². The van der Waals surface area contributed by atoms with Crippen LogP contribution in [0.4, 0.5) is 5.13 Å². The van der Waals surface area contributed by atoms with Gasteiger partial charge in [-0.1, -0.05) is 70.7 Å². The molecule has 2 aromatic carbocycles. The number of carbonyl (C=O) groups is 1. The maximum absolute atomic E-state index is 12.9. The summed E-state index contributed by atoms with van der Waals surface area (Å²) in [6, 6.07) is 17.7. The first-order valence-corrected chi connectivity index (χ1v) is 12.3. The summed E-state index contributed by atoms with van der Waals surface area (Å²) in [4.78, 5) is 13.8. The zero-order valence-electron chi connectivity index (χ0n) is 17.0. The van der Waals surface area contributed by atoms with Crippen LogP contribution in [0.5, 0.6) is 0 Å². The number of aryl methyl sites for hydroxylation is 2. The molecule has 4 rings (SSSR count). The van der Waals surface area contributed by atoms with Gasteiger partial charge in [0.15, 0.2) is 4.34 Å². The molecule has 0 radical (unpaired) electrons. The molecule has 31 heavy (non-hydrogen) atoms. The van der Waals surface area contributed by atoms with Crippen molar-refractivity contribution in [3.8, 4) is 0 Å². The third kappa shape index (κ3) is 5.55. The van der Waals surface area contributed by atoms with Crippen LogP contribution in [-0.4, -0.2) is 21.3 Å². The standard InChI is InChI=1S/C22H20N4O2S3/c1-14-18(15(2)28-26-14)13-29-19-11-7-6-10-17(19)20(27)23-21-24-25-22(31-21)30-12-16-8-4-3-5-9-16/h3-11H,12-13H2,1-2H3,(H,23,24,27). The normalized spacial score (nSPS) is 10.9. The highest BCUT2D eigenvalue weighted by molar-refractivity contribution is 8.00. The first-order chi connectivity index (χ1) is 15.1. The first kappa shape index (κ1) is 21.6. The van der Waals surface area contributed by atoms with E-state index in [-0.39, 0.29) is 5.91 Å². The van der Waals surface area contributed by atoms with Crippen LogP contribution in [0.3, 0.4) is 0 Å². The average molecular weight is 469 g/mol. The molecule has 2 heterocycles. The van der Waals surface area contributed by atoms with Crippen LogP contribution in [0, 0.1) is 13.8 Å². The van der Waals surface area contributed by atoms with Crippen molar-refractivity contribution < 1.29 is 9.32 Å². The van der Waals surface area contributed by atoms with Gasteiger partial charge in [-0.05, 0) is 31.5 Å². The topological polar surface area (TPSA) is 80.9 Å². The lowest BCUT2D eigenvalue weighted by atomic mass is 10.2. The van der Waals surface area contributed by atoms with E-state index in [9.17, 15) is 4.79 Å². The largest absolute Gasteiger partial charge is 0.361 e. The van der Waals surface area contributed by atoms with E-state index >= 15 is 0 Å².